The summed E-state index contributed by atoms with van der Waals surface area (Å²) in [7, 11) is 0. The van der Waals surface area contributed by atoms with E-state index in [0.717, 1.165) is 5.56 Å². The van der Waals surface area contributed by atoms with Gasteiger partial charge in [-0.25, -0.2) is 4.68 Å². The molecule has 8 nitrogen and oxygen atoms in total. The number of amides is 2. The van der Waals surface area contributed by atoms with E-state index in [4.69, 9.17) is 22.1 Å². The van der Waals surface area contributed by atoms with Gasteiger partial charge in [-0.3, -0.25) is 9.59 Å². The lowest BCUT2D eigenvalue weighted by Gasteiger charge is -2.38. The van der Waals surface area contributed by atoms with Gasteiger partial charge in [-0.2, -0.15) is 0 Å². The largest absolute Gasteiger partial charge is 0.483 e. The Morgan fingerprint density at radius 1 is 1.42 bits per heavy atom. The molecule has 0 bridgehead atoms. The molecule has 0 spiro atoms. The summed E-state index contributed by atoms with van der Waals surface area (Å²) in [6.45, 7) is 2.80. The predicted octanol–water partition coefficient (Wildman–Crippen LogP) is 0.801. The highest BCUT2D eigenvalue weighted by molar-refractivity contribution is 6.30. The van der Waals surface area contributed by atoms with Gasteiger partial charge in [0, 0.05) is 18.1 Å². The van der Waals surface area contributed by atoms with Crippen molar-refractivity contribution >= 4 is 23.4 Å². The second-order valence-corrected chi connectivity index (χ2v) is 6.04. The number of ether oxygens (including phenoxy) is 1. The van der Waals surface area contributed by atoms with Gasteiger partial charge in [0.25, 0.3) is 11.8 Å². The SMILES string of the molecule is Cc1cc(Cl)ccc1OCC(=O)N1CC(n2cc(C(N)=O)nn2)C1. The van der Waals surface area contributed by atoms with Gasteiger partial charge >= 0.3 is 0 Å². The van der Waals surface area contributed by atoms with E-state index in [-0.39, 0.29) is 24.2 Å². The highest BCUT2D eigenvalue weighted by atomic mass is 35.5. The molecule has 2 heterocycles. The van der Waals surface area contributed by atoms with Crippen LogP contribution in [-0.2, 0) is 4.79 Å². The lowest BCUT2D eigenvalue weighted by Crippen LogP contribution is -2.52. The maximum absolute atomic E-state index is 12.1. The van der Waals surface area contributed by atoms with E-state index in [1.807, 2.05) is 6.92 Å². The number of likely N-dealkylation sites (tertiary alicyclic amines) is 1. The van der Waals surface area contributed by atoms with Crippen LogP contribution in [0.2, 0.25) is 5.02 Å². The van der Waals surface area contributed by atoms with Crippen molar-refractivity contribution in [2.75, 3.05) is 19.7 Å². The van der Waals surface area contributed by atoms with E-state index in [1.54, 1.807) is 27.8 Å². The van der Waals surface area contributed by atoms with Crippen LogP contribution in [-0.4, -0.2) is 51.4 Å². The first kappa shape index (κ1) is 16.3. The molecule has 1 aliphatic heterocycles. The number of nitrogens with two attached hydrogens (primary N) is 1. The van der Waals surface area contributed by atoms with E-state index < -0.39 is 5.91 Å². The summed E-state index contributed by atoms with van der Waals surface area (Å²) >= 11 is 5.88. The van der Waals surface area contributed by atoms with E-state index in [9.17, 15) is 9.59 Å². The van der Waals surface area contributed by atoms with Crippen molar-refractivity contribution < 1.29 is 14.3 Å². The standard InChI is InChI=1S/C15H16ClN5O3/c1-9-4-10(16)2-3-13(9)24-8-14(22)20-5-11(6-20)21-7-12(15(17)23)18-19-21/h2-4,7,11H,5-6,8H2,1H3,(H2,17,23). The predicted molar refractivity (Wildman–Crippen MR) is 85.8 cm³/mol. The van der Waals surface area contributed by atoms with E-state index in [1.165, 1.54) is 6.20 Å². The lowest BCUT2D eigenvalue weighted by atomic mass is 10.1. The number of carbonyl (C=O) groups excluding carboxylic acids is 2. The molecular formula is C15H16ClN5O3. The van der Waals surface area contributed by atoms with Crippen molar-refractivity contribution in [1.29, 1.82) is 0 Å². The summed E-state index contributed by atoms with van der Waals surface area (Å²) in [4.78, 5) is 24.8. The minimum atomic E-state index is -0.625. The molecule has 2 N–H and O–H groups in total. The van der Waals surface area contributed by atoms with Gasteiger partial charge in [-0.15, -0.1) is 5.10 Å². The Labute approximate surface area is 143 Å². The Kier molecular flexibility index (Phi) is 4.39. The zero-order valence-corrected chi connectivity index (χ0v) is 13.7. The van der Waals surface area contributed by atoms with Gasteiger partial charge < -0.3 is 15.4 Å². The van der Waals surface area contributed by atoms with Crippen LogP contribution in [0.3, 0.4) is 0 Å². The maximum Gasteiger partial charge on any atom is 0.270 e. The Morgan fingerprint density at radius 3 is 2.79 bits per heavy atom. The summed E-state index contributed by atoms with van der Waals surface area (Å²) in [6, 6.07) is 5.23. The van der Waals surface area contributed by atoms with Crippen LogP contribution in [0.25, 0.3) is 0 Å². The third-order valence-corrected chi connectivity index (χ3v) is 4.08. The number of hydrogen-bond acceptors (Lipinski definition) is 5. The average molecular weight is 350 g/mol. The summed E-state index contributed by atoms with van der Waals surface area (Å²) in [5, 5.41) is 8.16. The fourth-order valence-electron chi connectivity index (χ4n) is 2.40. The minimum Gasteiger partial charge on any atom is -0.483 e. The van der Waals surface area contributed by atoms with Gasteiger partial charge in [0.05, 0.1) is 12.2 Å². The lowest BCUT2D eigenvalue weighted by molar-refractivity contribution is -0.139. The first-order valence-electron chi connectivity index (χ1n) is 7.32. The first-order valence-corrected chi connectivity index (χ1v) is 7.70. The number of aromatic nitrogens is 3. The summed E-state index contributed by atoms with van der Waals surface area (Å²) < 4.78 is 7.09. The molecule has 1 fully saturated rings. The van der Waals surface area contributed by atoms with E-state index in [0.29, 0.717) is 23.9 Å². The average Bonchev–Trinajstić information content (AvgIpc) is 2.94. The molecule has 3 rings (SSSR count). The molecule has 1 saturated heterocycles. The number of aryl methyl sites for hydroxylation is 1. The van der Waals surface area contributed by atoms with Gasteiger partial charge in [-0.05, 0) is 30.7 Å². The van der Waals surface area contributed by atoms with E-state index in [2.05, 4.69) is 10.3 Å². The highest BCUT2D eigenvalue weighted by Crippen LogP contribution is 2.23. The van der Waals surface area contributed by atoms with Gasteiger partial charge in [0.15, 0.2) is 12.3 Å². The number of carbonyl (C=O) groups is 2. The first-order chi connectivity index (χ1) is 11.4. The number of benzene rings is 1. The Hall–Kier alpha value is -2.61. The molecule has 0 radical (unpaired) electrons. The Bertz CT molecular complexity index is 785. The zero-order valence-electron chi connectivity index (χ0n) is 13.0. The summed E-state index contributed by atoms with van der Waals surface area (Å²) in [6.07, 6.45) is 1.49. The van der Waals surface area contributed by atoms with Crippen molar-refractivity contribution in [2.24, 2.45) is 5.73 Å². The maximum atomic E-state index is 12.1. The van der Waals surface area contributed by atoms with Crippen LogP contribution < -0.4 is 10.5 Å². The molecule has 0 saturated carbocycles. The molecule has 2 amide bonds. The fourth-order valence-corrected chi connectivity index (χ4v) is 2.63. The Morgan fingerprint density at radius 2 is 2.17 bits per heavy atom. The van der Waals surface area contributed by atoms with Gasteiger partial charge in [0.1, 0.15) is 5.75 Å². The van der Waals surface area contributed by atoms with Crippen LogP contribution in [0.1, 0.15) is 22.1 Å². The van der Waals surface area contributed by atoms with Crippen molar-refractivity contribution in [3.8, 4) is 5.75 Å². The van der Waals surface area contributed by atoms with Crippen LogP contribution in [0.4, 0.5) is 0 Å². The third kappa shape index (κ3) is 3.33. The molecule has 24 heavy (non-hydrogen) atoms. The quantitative estimate of drug-likeness (QED) is 0.860. The molecule has 126 valence electrons. The molecule has 0 aliphatic carbocycles. The van der Waals surface area contributed by atoms with Crippen LogP contribution >= 0.6 is 11.6 Å². The number of halogens is 1. The summed E-state index contributed by atoms with van der Waals surface area (Å²) in [5.74, 6) is -0.108. The molecule has 1 aromatic carbocycles. The second-order valence-electron chi connectivity index (χ2n) is 5.60. The summed E-state index contributed by atoms with van der Waals surface area (Å²) in [5.41, 5.74) is 6.12. The molecule has 1 aromatic heterocycles. The monoisotopic (exact) mass is 349 g/mol. The highest BCUT2D eigenvalue weighted by Gasteiger charge is 2.33. The topological polar surface area (TPSA) is 103 Å². The second kappa shape index (κ2) is 6.48. The van der Waals surface area contributed by atoms with Crippen molar-refractivity contribution in [3.63, 3.8) is 0 Å². The molecule has 2 aromatic rings. The van der Waals surface area contributed by atoms with E-state index >= 15 is 0 Å². The molecule has 1 aliphatic rings. The zero-order chi connectivity index (χ0) is 17.3. The van der Waals surface area contributed by atoms with Gasteiger partial charge in [0.2, 0.25) is 0 Å². The number of nitrogens with zero attached hydrogens (tertiary/aromatic N) is 4. The van der Waals surface area contributed by atoms with Crippen LogP contribution in [0, 0.1) is 6.92 Å². The Balaban J connectivity index is 1.50. The normalized spacial score (nSPS) is 14.3. The molecule has 9 heteroatoms. The number of primary amides is 1. The van der Waals surface area contributed by atoms with Crippen LogP contribution in [0.5, 0.6) is 5.75 Å². The molecular weight excluding hydrogens is 334 g/mol. The van der Waals surface area contributed by atoms with Crippen molar-refractivity contribution in [1.82, 2.24) is 19.9 Å². The number of hydrogen-bond donors (Lipinski definition) is 1. The van der Waals surface area contributed by atoms with Crippen LogP contribution in [0.15, 0.2) is 24.4 Å². The smallest absolute Gasteiger partial charge is 0.270 e. The van der Waals surface area contributed by atoms with Gasteiger partial charge in [-0.1, -0.05) is 16.8 Å². The minimum absolute atomic E-state index is 0.00758. The van der Waals surface area contributed by atoms with Crippen molar-refractivity contribution in [3.05, 3.63) is 40.7 Å². The van der Waals surface area contributed by atoms with Crippen molar-refractivity contribution in [2.45, 2.75) is 13.0 Å². The molecule has 0 unspecified atom stereocenters. The third-order valence-electron chi connectivity index (χ3n) is 3.84. The molecule has 0 atom stereocenters. The number of rotatable bonds is 5. The fraction of sp³-hybridized carbons (Fsp3) is 0.333.